The first kappa shape index (κ1) is 23.8. The van der Waals surface area contributed by atoms with Crippen LogP contribution in [-0.4, -0.2) is 40.6 Å². The van der Waals surface area contributed by atoms with Crippen LogP contribution < -0.4 is 14.4 Å². The maximum atomic E-state index is 13.0. The molecule has 1 N–H and O–H groups in total. The van der Waals surface area contributed by atoms with Gasteiger partial charge in [0, 0.05) is 12.2 Å². The molecule has 0 spiro atoms. The van der Waals surface area contributed by atoms with E-state index < -0.39 is 28.5 Å². The van der Waals surface area contributed by atoms with Crippen molar-refractivity contribution in [1.29, 1.82) is 0 Å². The first-order valence-electron chi connectivity index (χ1n) is 10.1. The first-order valence-corrected chi connectivity index (χ1v) is 11.6. The van der Waals surface area contributed by atoms with E-state index in [2.05, 4.69) is 5.32 Å². The van der Waals surface area contributed by atoms with E-state index >= 15 is 0 Å². The van der Waals surface area contributed by atoms with Gasteiger partial charge in [-0.2, -0.15) is 0 Å². The predicted molar refractivity (Wildman–Crippen MR) is 125 cm³/mol. The molecule has 0 unspecified atom stereocenters. The number of carbonyl (C=O) groups is 2. The fourth-order valence-electron chi connectivity index (χ4n) is 3.06. The fourth-order valence-corrected chi connectivity index (χ4v) is 4.54. The number of ether oxygens (including phenoxy) is 2. The van der Waals surface area contributed by atoms with Crippen LogP contribution in [0.5, 0.6) is 5.75 Å². The smallest absolute Gasteiger partial charge is 0.338 e. The molecule has 0 aliphatic carbocycles. The van der Waals surface area contributed by atoms with Crippen LogP contribution >= 0.6 is 0 Å². The number of para-hydroxylation sites is 1. The highest BCUT2D eigenvalue weighted by Crippen LogP contribution is 2.23. The summed E-state index contributed by atoms with van der Waals surface area (Å²) in [6.07, 6.45) is 0. The lowest BCUT2D eigenvalue weighted by Crippen LogP contribution is -2.30. The average Bonchev–Trinajstić information content (AvgIpc) is 2.84. The average molecular weight is 469 g/mol. The summed E-state index contributed by atoms with van der Waals surface area (Å²) in [5.74, 6) is -0.593. The Hall–Kier alpha value is -3.85. The van der Waals surface area contributed by atoms with Crippen LogP contribution in [0.3, 0.4) is 0 Å². The summed E-state index contributed by atoms with van der Waals surface area (Å²) in [6.45, 7) is 1.51. The van der Waals surface area contributed by atoms with Crippen LogP contribution in [0.25, 0.3) is 0 Å². The van der Waals surface area contributed by atoms with Crippen molar-refractivity contribution < 1.29 is 27.5 Å². The Morgan fingerprint density at radius 3 is 2.12 bits per heavy atom. The molecule has 3 aromatic rings. The molecule has 172 valence electrons. The molecule has 3 aromatic carbocycles. The summed E-state index contributed by atoms with van der Waals surface area (Å²) < 4.78 is 37.4. The monoisotopic (exact) mass is 468 g/mol. The molecule has 0 atom stereocenters. The quantitative estimate of drug-likeness (QED) is 0.481. The van der Waals surface area contributed by atoms with Gasteiger partial charge in [0.15, 0.2) is 6.61 Å². The standard InChI is InChI=1S/C24H24N2O6S/c1-3-26(20-7-5-4-6-8-20)33(29,30)22-15-9-18(10-16-22)24(28)32-17-23(27)25-19-11-13-21(31-2)14-12-19/h4-16H,3,17H2,1-2H3,(H,25,27). The van der Waals surface area contributed by atoms with Gasteiger partial charge in [-0.25, -0.2) is 13.2 Å². The van der Waals surface area contributed by atoms with E-state index in [0.29, 0.717) is 17.1 Å². The van der Waals surface area contributed by atoms with Crippen LogP contribution in [0.2, 0.25) is 0 Å². The van der Waals surface area contributed by atoms with Crippen molar-refractivity contribution in [2.24, 2.45) is 0 Å². The molecule has 1 amide bonds. The van der Waals surface area contributed by atoms with Crippen molar-refractivity contribution in [2.45, 2.75) is 11.8 Å². The summed E-state index contributed by atoms with van der Waals surface area (Å²) >= 11 is 0. The molecule has 33 heavy (non-hydrogen) atoms. The summed E-state index contributed by atoms with van der Waals surface area (Å²) in [7, 11) is -2.26. The third-order valence-electron chi connectivity index (χ3n) is 4.72. The molecule has 0 saturated heterocycles. The van der Waals surface area contributed by atoms with Crippen molar-refractivity contribution in [3.05, 3.63) is 84.4 Å². The molecule has 0 saturated carbocycles. The van der Waals surface area contributed by atoms with E-state index in [0.717, 1.165) is 0 Å². The van der Waals surface area contributed by atoms with Crippen molar-refractivity contribution in [1.82, 2.24) is 0 Å². The topological polar surface area (TPSA) is 102 Å². The maximum Gasteiger partial charge on any atom is 0.338 e. The van der Waals surface area contributed by atoms with Gasteiger partial charge in [0.2, 0.25) is 0 Å². The molecule has 0 bridgehead atoms. The van der Waals surface area contributed by atoms with Crippen LogP contribution in [0.15, 0.2) is 83.8 Å². The van der Waals surface area contributed by atoms with Crippen molar-refractivity contribution in [3.63, 3.8) is 0 Å². The van der Waals surface area contributed by atoms with Gasteiger partial charge < -0.3 is 14.8 Å². The molecule has 3 rings (SSSR count). The molecule has 0 heterocycles. The second-order valence-electron chi connectivity index (χ2n) is 6.88. The summed E-state index contributed by atoms with van der Waals surface area (Å²) in [4.78, 5) is 24.3. The number of methoxy groups -OCH3 is 1. The summed E-state index contributed by atoms with van der Waals surface area (Å²) in [5, 5.41) is 2.61. The van der Waals surface area contributed by atoms with E-state index in [9.17, 15) is 18.0 Å². The third kappa shape index (κ3) is 5.89. The molecule has 0 aromatic heterocycles. The highest BCUT2D eigenvalue weighted by Gasteiger charge is 2.24. The minimum absolute atomic E-state index is 0.0435. The first-order chi connectivity index (χ1) is 15.8. The third-order valence-corrected chi connectivity index (χ3v) is 6.63. The van der Waals surface area contributed by atoms with E-state index in [1.54, 1.807) is 55.5 Å². The Kier molecular flexibility index (Phi) is 7.68. The number of carbonyl (C=O) groups excluding carboxylic acids is 2. The number of rotatable bonds is 9. The number of nitrogens with zero attached hydrogens (tertiary/aromatic N) is 1. The number of anilines is 2. The van der Waals surface area contributed by atoms with Gasteiger partial charge in [-0.15, -0.1) is 0 Å². The Labute approximate surface area is 192 Å². The second-order valence-corrected chi connectivity index (χ2v) is 8.74. The number of sulfonamides is 1. The molecule has 0 aliphatic heterocycles. The highest BCUT2D eigenvalue weighted by atomic mass is 32.2. The molecule has 9 heteroatoms. The van der Waals surface area contributed by atoms with Gasteiger partial charge in [0.1, 0.15) is 5.75 Å². The van der Waals surface area contributed by atoms with Crippen LogP contribution in [-0.2, 0) is 19.6 Å². The Morgan fingerprint density at radius 1 is 0.909 bits per heavy atom. The maximum absolute atomic E-state index is 13.0. The normalized spacial score (nSPS) is 10.8. The predicted octanol–water partition coefficient (Wildman–Crippen LogP) is 3.71. The second kappa shape index (κ2) is 10.6. The van der Waals surface area contributed by atoms with Crippen molar-refractivity contribution in [3.8, 4) is 5.75 Å². The molecular formula is C24H24N2O6S. The minimum Gasteiger partial charge on any atom is -0.497 e. The number of amides is 1. The van der Waals surface area contributed by atoms with Crippen LogP contribution in [0, 0.1) is 0 Å². The number of nitrogens with one attached hydrogen (secondary N) is 1. The largest absolute Gasteiger partial charge is 0.497 e. The van der Waals surface area contributed by atoms with Crippen LogP contribution in [0.4, 0.5) is 11.4 Å². The van der Waals surface area contributed by atoms with Gasteiger partial charge in [0.25, 0.3) is 15.9 Å². The number of hydrogen-bond acceptors (Lipinski definition) is 6. The van der Waals surface area contributed by atoms with Gasteiger partial charge in [0.05, 0.1) is 23.3 Å². The number of hydrogen-bond donors (Lipinski definition) is 1. The lowest BCUT2D eigenvalue weighted by molar-refractivity contribution is -0.119. The molecule has 8 nitrogen and oxygen atoms in total. The van der Waals surface area contributed by atoms with Crippen LogP contribution in [0.1, 0.15) is 17.3 Å². The van der Waals surface area contributed by atoms with Gasteiger partial charge >= 0.3 is 5.97 Å². The zero-order chi connectivity index (χ0) is 23.8. The van der Waals surface area contributed by atoms with Crippen molar-refractivity contribution >= 4 is 33.3 Å². The fraction of sp³-hybridized carbons (Fsp3) is 0.167. The van der Waals surface area contributed by atoms with Gasteiger partial charge in [-0.05, 0) is 67.6 Å². The molecular weight excluding hydrogens is 444 g/mol. The van der Waals surface area contributed by atoms with Gasteiger partial charge in [-0.1, -0.05) is 18.2 Å². The summed E-state index contributed by atoms with van der Waals surface area (Å²) in [6, 6.07) is 20.8. The van der Waals surface area contributed by atoms with E-state index in [1.165, 1.54) is 35.7 Å². The molecule has 0 radical (unpaired) electrons. The number of esters is 1. The Balaban J connectivity index is 1.61. The van der Waals surface area contributed by atoms with Crippen molar-refractivity contribution in [2.75, 3.05) is 29.9 Å². The lowest BCUT2D eigenvalue weighted by atomic mass is 10.2. The summed E-state index contributed by atoms with van der Waals surface area (Å²) in [5.41, 5.74) is 1.21. The van der Waals surface area contributed by atoms with E-state index in [1.807, 2.05) is 6.07 Å². The Bertz CT molecular complexity index is 1190. The lowest BCUT2D eigenvalue weighted by Gasteiger charge is -2.22. The number of benzene rings is 3. The van der Waals surface area contributed by atoms with Gasteiger partial charge in [-0.3, -0.25) is 9.10 Å². The molecule has 0 fully saturated rings. The minimum atomic E-state index is -3.80. The zero-order valence-electron chi connectivity index (χ0n) is 18.2. The Morgan fingerprint density at radius 2 is 1.55 bits per heavy atom. The molecule has 0 aliphatic rings. The van der Waals surface area contributed by atoms with E-state index in [-0.39, 0.29) is 17.0 Å². The highest BCUT2D eigenvalue weighted by molar-refractivity contribution is 7.92. The SMILES string of the molecule is CCN(c1ccccc1)S(=O)(=O)c1ccc(C(=O)OCC(=O)Nc2ccc(OC)cc2)cc1. The zero-order valence-corrected chi connectivity index (χ0v) is 19.0. The van der Waals surface area contributed by atoms with E-state index in [4.69, 9.17) is 9.47 Å².